The number of hydrogen-bond donors (Lipinski definition) is 0. The molecule has 1 aromatic heterocycles. The van der Waals surface area contributed by atoms with E-state index in [1.165, 1.54) is 12.5 Å². The fourth-order valence-corrected chi connectivity index (χ4v) is 1.30. The summed E-state index contributed by atoms with van der Waals surface area (Å²) in [5, 5.41) is 0. The summed E-state index contributed by atoms with van der Waals surface area (Å²) in [4.78, 5) is 3.81. The molecule has 78 valence electrons. The van der Waals surface area contributed by atoms with Gasteiger partial charge in [0.2, 0.25) is 0 Å². The van der Waals surface area contributed by atoms with Crippen molar-refractivity contribution in [3.05, 3.63) is 47.8 Å². The number of aryl methyl sites for hydroxylation is 1. The van der Waals surface area contributed by atoms with Crippen molar-refractivity contribution in [1.82, 2.24) is 9.55 Å². The maximum atomic E-state index is 13.3. The van der Waals surface area contributed by atoms with Crippen LogP contribution in [0.2, 0.25) is 0 Å². The summed E-state index contributed by atoms with van der Waals surface area (Å²) in [6.07, 6.45) is 2.65. The van der Waals surface area contributed by atoms with Crippen LogP contribution in [0, 0.1) is 24.4 Å². The van der Waals surface area contributed by atoms with Crippen LogP contribution in [0.25, 0.3) is 5.69 Å². The predicted octanol–water partition coefficient (Wildman–Crippen LogP) is 2.60. The largest absolute Gasteiger partial charge is 0.301 e. The van der Waals surface area contributed by atoms with Crippen molar-refractivity contribution >= 4 is 0 Å². The second kappa shape index (κ2) is 3.42. The van der Waals surface area contributed by atoms with Gasteiger partial charge in [0.25, 0.3) is 0 Å². The van der Waals surface area contributed by atoms with Gasteiger partial charge in [-0.2, -0.15) is 0 Å². The fourth-order valence-electron chi connectivity index (χ4n) is 1.30. The molecule has 2 nitrogen and oxygen atoms in total. The highest BCUT2D eigenvalue weighted by Gasteiger charge is 2.15. The van der Waals surface area contributed by atoms with E-state index in [1.54, 1.807) is 6.92 Å². The lowest BCUT2D eigenvalue weighted by Gasteiger charge is -2.05. The minimum atomic E-state index is -1.22. The Morgan fingerprint density at radius 1 is 1.13 bits per heavy atom. The van der Waals surface area contributed by atoms with Crippen LogP contribution in [-0.2, 0) is 0 Å². The van der Waals surface area contributed by atoms with Gasteiger partial charge in [0.05, 0.1) is 12.0 Å². The van der Waals surface area contributed by atoms with Crippen LogP contribution < -0.4 is 0 Å². The van der Waals surface area contributed by atoms with E-state index in [1.807, 2.05) is 0 Å². The first-order valence-electron chi connectivity index (χ1n) is 4.24. The van der Waals surface area contributed by atoms with Gasteiger partial charge < -0.3 is 4.57 Å². The molecule has 0 atom stereocenters. The van der Waals surface area contributed by atoms with E-state index in [0.29, 0.717) is 5.69 Å². The van der Waals surface area contributed by atoms with Gasteiger partial charge in [-0.1, -0.05) is 0 Å². The number of aromatic nitrogens is 2. The average Bonchev–Trinajstić information content (AvgIpc) is 2.59. The van der Waals surface area contributed by atoms with Crippen molar-refractivity contribution in [3.63, 3.8) is 0 Å². The van der Waals surface area contributed by atoms with Crippen LogP contribution in [0.4, 0.5) is 13.2 Å². The minimum absolute atomic E-state index is 0.449. The number of nitrogens with zero attached hydrogens (tertiary/aromatic N) is 2. The third kappa shape index (κ3) is 1.60. The third-order valence-electron chi connectivity index (χ3n) is 1.99. The monoisotopic (exact) mass is 212 g/mol. The lowest BCUT2D eigenvalue weighted by Crippen LogP contribution is -2.01. The average molecular weight is 212 g/mol. The fraction of sp³-hybridized carbons (Fsp3) is 0.100. The summed E-state index contributed by atoms with van der Waals surface area (Å²) in [6.45, 7) is 1.67. The zero-order valence-electron chi connectivity index (χ0n) is 7.84. The smallest absolute Gasteiger partial charge is 0.185 e. The van der Waals surface area contributed by atoms with Gasteiger partial charge in [0.1, 0.15) is 11.5 Å². The number of benzene rings is 1. The Morgan fingerprint density at radius 3 is 2.40 bits per heavy atom. The molecule has 1 aromatic carbocycles. The van der Waals surface area contributed by atoms with Gasteiger partial charge in [0.15, 0.2) is 11.6 Å². The molecule has 0 aliphatic carbocycles. The summed E-state index contributed by atoms with van der Waals surface area (Å²) in [7, 11) is 0. The molecule has 15 heavy (non-hydrogen) atoms. The van der Waals surface area contributed by atoms with Gasteiger partial charge in [-0.25, -0.2) is 18.2 Å². The standard InChI is InChI=1S/C10H7F3N2/c1-6-4-15(5-14-6)10-8(12)3-2-7(11)9(10)13/h2-5H,1H3. The van der Waals surface area contributed by atoms with Crippen LogP contribution in [0.15, 0.2) is 24.7 Å². The Bertz CT molecular complexity index is 505. The molecule has 0 radical (unpaired) electrons. The highest BCUT2D eigenvalue weighted by atomic mass is 19.2. The molecule has 2 aromatic rings. The van der Waals surface area contributed by atoms with Gasteiger partial charge in [0, 0.05) is 6.20 Å². The van der Waals surface area contributed by atoms with E-state index < -0.39 is 23.1 Å². The summed E-state index contributed by atoms with van der Waals surface area (Å²) >= 11 is 0. The van der Waals surface area contributed by atoms with E-state index in [-0.39, 0.29) is 0 Å². The lowest BCUT2D eigenvalue weighted by molar-refractivity contribution is 0.488. The molecule has 5 heteroatoms. The van der Waals surface area contributed by atoms with Gasteiger partial charge >= 0.3 is 0 Å². The SMILES string of the molecule is Cc1cn(-c2c(F)ccc(F)c2F)cn1. The Kier molecular flexibility index (Phi) is 2.22. The molecular weight excluding hydrogens is 205 g/mol. The molecule has 0 saturated carbocycles. The first kappa shape index (κ1) is 9.76. The summed E-state index contributed by atoms with van der Waals surface area (Å²) in [5.74, 6) is -3.13. The first-order chi connectivity index (χ1) is 7.09. The van der Waals surface area contributed by atoms with E-state index in [0.717, 1.165) is 16.7 Å². The second-order valence-corrected chi connectivity index (χ2v) is 3.11. The van der Waals surface area contributed by atoms with Crippen LogP contribution in [0.1, 0.15) is 5.69 Å². The summed E-state index contributed by atoms with van der Waals surface area (Å²) in [6, 6.07) is 1.63. The Labute approximate surface area is 84.0 Å². The maximum Gasteiger partial charge on any atom is 0.185 e. The molecule has 0 aliphatic rings. The van der Waals surface area contributed by atoms with Crippen LogP contribution >= 0.6 is 0 Å². The van der Waals surface area contributed by atoms with Crippen molar-refractivity contribution in [2.75, 3.05) is 0 Å². The number of imidazole rings is 1. The van der Waals surface area contributed by atoms with E-state index in [4.69, 9.17) is 0 Å². The molecule has 2 rings (SSSR count). The molecule has 0 bridgehead atoms. The van der Waals surface area contributed by atoms with E-state index in [9.17, 15) is 13.2 Å². The molecule has 0 N–H and O–H groups in total. The molecule has 0 saturated heterocycles. The zero-order chi connectivity index (χ0) is 11.0. The first-order valence-corrected chi connectivity index (χ1v) is 4.24. The van der Waals surface area contributed by atoms with Crippen LogP contribution in [0.3, 0.4) is 0 Å². The molecule has 0 amide bonds. The second-order valence-electron chi connectivity index (χ2n) is 3.11. The van der Waals surface area contributed by atoms with Gasteiger partial charge in [-0.15, -0.1) is 0 Å². The topological polar surface area (TPSA) is 17.8 Å². The van der Waals surface area contributed by atoms with Crippen molar-refractivity contribution in [2.24, 2.45) is 0 Å². The lowest BCUT2D eigenvalue weighted by atomic mass is 10.2. The third-order valence-corrected chi connectivity index (χ3v) is 1.99. The summed E-state index contributed by atoms with van der Waals surface area (Å²) in [5.41, 5.74) is 0.147. The van der Waals surface area contributed by atoms with Crippen molar-refractivity contribution in [3.8, 4) is 5.69 Å². The van der Waals surface area contributed by atoms with E-state index in [2.05, 4.69) is 4.98 Å². The molecular formula is C10H7F3N2. The summed E-state index contributed by atoms with van der Waals surface area (Å²) < 4.78 is 40.6. The quantitative estimate of drug-likeness (QED) is 0.664. The van der Waals surface area contributed by atoms with Crippen molar-refractivity contribution < 1.29 is 13.2 Å². The van der Waals surface area contributed by atoms with Crippen molar-refractivity contribution in [1.29, 1.82) is 0 Å². The predicted molar refractivity (Wildman–Crippen MR) is 48.2 cm³/mol. The van der Waals surface area contributed by atoms with Gasteiger partial charge in [-0.05, 0) is 19.1 Å². The zero-order valence-corrected chi connectivity index (χ0v) is 7.84. The molecule has 1 heterocycles. The van der Waals surface area contributed by atoms with Crippen LogP contribution in [0.5, 0.6) is 0 Å². The minimum Gasteiger partial charge on any atom is -0.301 e. The maximum absolute atomic E-state index is 13.3. The number of rotatable bonds is 1. The van der Waals surface area contributed by atoms with E-state index >= 15 is 0 Å². The van der Waals surface area contributed by atoms with Crippen molar-refractivity contribution in [2.45, 2.75) is 6.92 Å². The Hall–Kier alpha value is -1.78. The molecule has 0 unspecified atom stereocenters. The van der Waals surface area contributed by atoms with Gasteiger partial charge in [-0.3, -0.25) is 0 Å². The Morgan fingerprint density at radius 2 is 1.80 bits per heavy atom. The number of halogens is 3. The molecule has 0 spiro atoms. The molecule has 0 fully saturated rings. The molecule has 0 aliphatic heterocycles. The van der Waals surface area contributed by atoms with Crippen LogP contribution in [-0.4, -0.2) is 9.55 Å². The highest BCUT2D eigenvalue weighted by molar-refractivity contribution is 5.36. The Balaban J connectivity index is 2.66. The highest BCUT2D eigenvalue weighted by Crippen LogP contribution is 2.20. The normalized spacial score (nSPS) is 10.7. The number of hydrogen-bond acceptors (Lipinski definition) is 1.